The molecule has 2 aromatic carbocycles. The summed E-state index contributed by atoms with van der Waals surface area (Å²) in [6.45, 7) is 6.21. The van der Waals surface area contributed by atoms with Crippen molar-refractivity contribution in [1.29, 1.82) is 0 Å². The number of aromatic nitrogens is 2. The quantitative estimate of drug-likeness (QED) is 0.552. The molecule has 0 bridgehead atoms. The highest BCUT2D eigenvalue weighted by atomic mass is 19.1. The Morgan fingerprint density at radius 2 is 1.91 bits per heavy atom. The van der Waals surface area contributed by atoms with Crippen LogP contribution in [0.3, 0.4) is 0 Å². The molecule has 4 rings (SSSR count). The Balaban J connectivity index is 1.44. The van der Waals surface area contributed by atoms with Gasteiger partial charge in [0.1, 0.15) is 11.5 Å². The van der Waals surface area contributed by atoms with Crippen molar-refractivity contribution >= 4 is 11.9 Å². The average molecular weight is 433 g/mol. The smallest absolute Gasteiger partial charge is 0.270 e. The lowest BCUT2D eigenvalue weighted by atomic mass is 10.0. The zero-order valence-electron chi connectivity index (χ0n) is 18.6. The zero-order chi connectivity index (χ0) is 22.5. The maximum atomic E-state index is 13.3. The summed E-state index contributed by atoms with van der Waals surface area (Å²) in [7, 11) is 0. The number of nitrogens with one attached hydrogen (secondary N) is 1. The molecule has 0 spiro atoms. The molecule has 0 saturated heterocycles. The van der Waals surface area contributed by atoms with Crippen LogP contribution in [0, 0.1) is 5.82 Å². The third kappa shape index (κ3) is 5.31. The van der Waals surface area contributed by atoms with Crippen molar-refractivity contribution in [2.45, 2.75) is 45.6 Å². The number of rotatable bonds is 7. The molecule has 2 heterocycles. The Hall–Kier alpha value is -3.28. The van der Waals surface area contributed by atoms with Crippen LogP contribution < -0.4 is 10.2 Å². The molecule has 0 aliphatic carbocycles. The van der Waals surface area contributed by atoms with Crippen LogP contribution in [0.4, 0.5) is 10.3 Å². The molecule has 1 aliphatic heterocycles. The lowest BCUT2D eigenvalue weighted by Gasteiger charge is -2.29. The number of hydrogen-bond donors (Lipinski definition) is 1. The molecule has 0 radical (unpaired) electrons. The van der Waals surface area contributed by atoms with Gasteiger partial charge in [0, 0.05) is 25.3 Å². The van der Waals surface area contributed by atoms with Crippen molar-refractivity contribution in [3.63, 3.8) is 0 Å². The number of fused-ring (bicyclic) bond motifs is 1. The van der Waals surface area contributed by atoms with E-state index in [0.717, 1.165) is 37.2 Å². The fourth-order valence-corrected chi connectivity index (χ4v) is 3.95. The molecule has 1 aromatic heterocycles. The number of nitrogens with zero attached hydrogens (tertiary/aromatic N) is 3. The minimum absolute atomic E-state index is 0.188. The molecule has 0 unspecified atom stereocenters. The molecule has 0 atom stereocenters. The first-order valence-corrected chi connectivity index (χ1v) is 11.2. The summed E-state index contributed by atoms with van der Waals surface area (Å²) in [5.41, 5.74) is 4.82. The molecule has 3 aromatic rings. The lowest BCUT2D eigenvalue weighted by molar-refractivity contribution is 0.0948. The molecule has 0 saturated carbocycles. The summed E-state index contributed by atoms with van der Waals surface area (Å²) in [4.78, 5) is 24.4. The lowest BCUT2D eigenvalue weighted by Crippen LogP contribution is -2.33. The van der Waals surface area contributed by atoms with Gasteiger partial charge in [0.15, 0.2) is 0 Å². The second kappa shape index (κ2) is 9.90. The molecule has 1 aliphatic rings. The summed E-state index contributed by atoms with van der Waals surface area (Å²) in [5, 5.41) is 2.95. The predicted molar refractivity (Wildman–Crippen MR) is 124 cm³/mol. The van der Waals surface area contributed by atoms with E-state index in [2.05, 4.69) is 53.3 Å². The van der Waals surface area contributed by atoms with E-state index in [0.29, 0.717) is 24.6 Å². The van der Waals surface area contributed by atoms with Crippen LogP contribution in [-0.2, 0) is 19.4 Å². The second-order valence-corrected chi connectivity index (χ2v) is 8.56. The van der Waals surface area contributed by atoms with Gasteiger partial charge in [0.05, 0.1) is 0 Å². The second-order valence-electron chi connectivity index (χ2n) is 8.56. The number of amides is 1. The Bertz CT molecular complexity index is 1100. The Morgan fingerprint density at radius 3 is 2.69 bits per heavy atom. The van der Waals surface area contributed by atoms with Crippen molar-refractivity contribution in [2.75, 3.05) is 18.0 Å². The van der Waals surface area contributed by atoms with Crippen LogP contribution >= 0.6 is 0 Å². The number of aryl methyl sites for hydroxylation is 1. The zero-order valence-corrected chi connectivity index (χ0v) is 18.6. The van der Waals surface area contributed by atoms with Gasteiger partial charge >= 0.3 is 0 Å². The number of carbonyl (C=O) groups is 1. The van der Waals surface area contributed by atoms with E-state index in [9.17, 15) is 9.18 Å². The Morgan fingerprint density at radius 1 is 1.09 bits per heavy atom. The summed E-state index contributed by atoms with van der Waals surface area (Å²) >= 11 is 0. The van der Waals surface area contributed by atoms with E-state index in [1.165, 1.54) is 23.3 Å². The third-order valence-electron chi connectivity index (χ3n) is 5.79. The molecule has 1 N–H and O–H groups in total. The van der Waals surface area contributed by atoms with Crippen molar-refractivity contribution in [3.05, 3.63) is 88.5 Å². The van der Waals surface area contributed by atoms with E-state index in [1.807, 2.05) is 6.07 Å². The Kier molecular flexibility index (Phi) is 6.78. The first-order chi connectivity index (χ1) is 15.5. The number of hydrogen-bond acceptors (Lipinski definition) is 4. The first-order valence-electron chi connectivity index (χ1n) is 11.2. The van der Waals surface area contributed by atoms with Gasteiger partial charge in [-0.1, -0.05) is 50.2 Å². The summed E-state index contributed by atoms with van der Waals surface area (Å²) in [6.07, 6.45) is 2.37. The van der Waals surface area contributed by atoms with E-state index in [-0.39, 0.29) is 17.6 Å². The van der Waals surface area contributed by atoms with E-state index in [4.69, 9.17) is 4.98 Å². The number of carbonyl (C=O) groups excluding carboxylic acids is 1. The van der Waals surface area contributed by atoms with Gasteiger partial charge in [-0.05, 0) is 60.1 Å². The molecular weight excluding hydrogens is 403 g/mol. The molecule has 6 heteroatoms. The molecule has 32 heavy (non-hydrogen) atoms. The monoisotopic (exact) mass is 432 g/mol. The minimum atomic E-state index is -0.235. The molecule has 166 valence electrons. The van der Waals surface area contributed by atoms with Crippen molar-refractivity contribution in [2.24, 2.45) is 0 Å². The number of halogens is 1. The Labute approximate surface area is 188 Å². The van der Waals surface area contributed by atoms with E-state index >= 15 is 0 Å². The van der Waals surface area contributed by atoms with Crippen LogP contribution in [0.1, 0.15) is 59.1 Å². The molecular formula is C26H29FN4O. The molecule has 1 amide bonds. The SMILES string of the molecule is CC(C)c1cc(C(=O)NCCCc2cccc(F)c2)nc(N2CCc3ccccc3C2)n1. The van der Waals surface area contributed by atoms with Gasteiger partial charge in [-0.25, -0.2) is 14.4 Å². The van der Waals surface area contributed by atoms with Crippen LogP contribution in [-0.4, -0.2) is 29.0 Å². The van der Waals surface area contributed by atoms with E-state index in [1.54, 1.807) is 12.1 Å². The van der Waals surface area contributed by atoms with Crippen LogP contribution in [0.25, 0.3) is 0 Å². The topological polar surface area (TPSA) is 58.1 Å². The number of anilines is 1. The van der Waals surface area contributed by atoms with Gasteiger partial charge in [-0.3, -0.25) is 4.79 Å². The number of benzene rings is 2. The van der Waals surface area contributed by atoms with Gasteiger partial charge in [-0.2, -0.15) is 0 Å². The van der Waals surface area contributed by atoms with Gasteiger partial charge < -0.3 is 10.2 Å². The highest BCUT2D eigenvalue weighted by Gasteiger charge is 2.21. The molecule has 0 fully saturated rings. The van der Waals surface area contributed by atoms with Gasteiger partial charge in [0.25, 0.3) is 5.91 Å². The maximum Gasteiger partial charge on any atom is 0.270 e. The maximum absolute atomic E-state index is 13.3. The standard InChI is InChI=1S/C26H29FN4O/c1-18(2)23-16-24(25(32)28-13-6-8-19-7-5-11-22(27)15-19)30-26(29-23)31-14-12-20-9-3-4-10-21(20)17-31/h3-5,7,9-11,15-16,18H,6,8,12-14,17H2,1-2H3,(H,28,32). The van der Waals surface area contributed by atoms with Crippen LogP contribution in [0.5, 0.6) is 0 Å². The highest BCUT2D eigenvalue weighted by molar-refractivity contribution is 5.92. The fraction of sp³-hybridized carbons (Fsp3) is 0.346. The highest BCUT2D eigenvalue weighted by Crippen LogP contribution is 2.24. The average Bonchev–Trinajstić information content (AvgIpc) is 2.81. The summed E-state index contributed by atoms with van der Waals surface area (Å²) < 4.78 is 13.3. The van der Waals surface area contributed by atoms with Crippen molar-refractivity contribution < 1.29 is 9.18 Å². The van der Waals surface area contributed by atoms with Crippen LogP contribution in [0.15, 0.2) is 54.6 Å². The van der Waals surface area contributed by atoms with Crippen molar-refractivity contribution in [3.8, 4) is 0 Å². The van der Waals surface area contributed by atoms with Gasteiger partial charge in [-0.15, -0.1) is 0 Å². The fourth-order valence-electron chi connectivity index (χ4n) is 3.95. The van der Waals surface area contributed by atoms with Crippen LogP contribution in [0.2, 0.25) is 0 Å². The van der Waals surface area contributed by atoms with Crippen molar-refractivity contribution in [1.82, 2.24) is 15.3 Å². The van der Waals surface area contributed by atoms with E-state index < -0.39 is 0 Å². The van der Waals surface area contributed by atoms with Gasteiger partial charge in [0.2, 0.25) is 5.95 Å². The third-order valence-corrected chi connectivity index (χ3v) is 5.79. The predicted octanol–water partition coefficient (Wildman–Crippen LogP) is 4.66. The summed E-state index contributed by atoms with van der Waals surface area (Å²) in [6, 6.07) is 16.8. The summed E-state index contributed by atoms with van der Waals surface area (Å²) in [5.74, 6) is 0.359. The largest absolute Gasteiger partial charge is 0.351 e. The minimum Gasteiger partial charge on any atom is -0.351 e. The first kappa shape index (κ1) is 21.9. The molecule has 5 nitrogen and oxygen atoms in total. The normalized spacial score (nSPS) is 13.2.